The van der Waals surface area contributed by atoms with E-state index in [1.165, 1.54) is 6.07 Å². The van der Waals surface area contributed by atoms with Gasteiger partial charge in [0, 0.05) is 11.6 Å². The maximum atomic E-state index is 12.3. The van der Waals surface area contributed by atoms with Crippen molar-refractivity contribution in [2.75, 3.05) is 0 Å². The Morgan fingerprint density at radius 2 is 1.76 bits per heavy atom. The fraction of sp³-hybridized carbons (Fsp3) is 0.533. The first-order valence-electron chi connectivity index (χ1n) is 6.69. The Bertz CT molecular complexity index is 547. The minimum absolute atomic E-state index is 0.0957. The fourth-order valence-corrected chi connectivity index (χ4v) is 1.84. The van der Waals surface area contributed by atoms with Gasteiger partial charge in [-0.25, -0.2) is 0 Å². The average molecular weight is 294 g/mol. The predicted molar refractivity (Wildman–Crippen MR) is 79.7 cm³/mol. The van der Waals surface area contributed by atoms with Gasteiger partial charge in [-0.15, -0.1) is 0 Å². The second-order valence-electron chi connectivity index (χ2n) is 6.52. The molecule has 1 rings (SSSR count). The lowest BCUT2D eigenvalue weighted by Gasteiger charge is -2.32. The van der Waals surface area contributed by atoms with Gasteiger partial charge in [-0.2, -0.15) is 0 Å². The van der Waals surface area contributed by atoms with Crippen LogP contribution >= 0.6 is 0 Å². The van der Waals surface area contributed by atoms with Crippen molar-refractivity contribution in [2.24, 2.45) is 11.1 Å². The SMILES string of the molecule is CC(C)(C)OC(=O)C(C)(C)C(N)c1ccccc1[N+](=O)[O-]. The number of esters is 1. The quantitative estimate of drug-likeness (QED) is 0.523. The molecule has 1 atom stereocenters. The van der Waals surface area contributed by atoms with Gasteiger partial charge >= 0.3 is 5.97 Å². The van der Waals surface area contributed by atoms with Crippen molar-refractivity contribution < 1.29 is 14.5 Å². The molecular weight excluding hydrogens is 272 g/mol. The molecule has 0 aliphatic heterocycles. The number of hydrogen-bond acceptors (Lipinski definition) is 5. The van der Waals surface area contributed by atoms with Crippen LogP contribution < -0.4 is 5.73 Å². The number of nitrogens with two attached hydrogens (primary N) is 1. The van der Waals surface area contributed by atoms with Crippen LogP contribution in [0, 0.1) is 15.5 Å². The highest BCUT2D eigenvalue weighted by Gasteiger charge is 2.41. The first kappa shape index (κ1) is 17.1. The Balaban J connectivity index is 3.15. The first-order chi connectivity index (χ1) is 9.47. The topological polar surface area (TPSA) is 95.5 Å². The van der Waals surface area contributed by atoms with E-state index in [1.54, 1.807) is 52.8 Å². The van der Waals surface area contributed by atoms with Gasteiger partial charge in [0.05, 0.1) is 16.4 Å². The van der Waals surface area contributed by atoms with E-state index < -0.39 is 28.0 Å². The number of nitro benzene ring substituents is 1. The van der Waals surface area contributed by atoms with Crippen molar-refractivity contribution in [3.63, 3.8) is 0 Å². The number of nitro groups is 1. The monoisotopic (exact) mass is 294 g/mol. The van der Waals surface area contributed by atoms with Crippen LogP contribution in [-0.4, -0.2) is 16.5 Å². The van der Waals surface area contributed by atoms with Crippen LogP contribution in [0.25, 0.3) is 0 Å². The van der Waals surface area contributed by atoms with E-state index in [9.17, 15) is 14.9 Å². The van der Waals surface area contributed by atoms with Gasteiger partial charge in [0.15, 0.2) is 0 Å². The van der Waals surface area contributed by atoms with E-state index in [2.05, 4.69) is 0 Å². The number of ether oxygens (including phenoxy) is 1. The lowest BCUT2D eigenvalue weighted by atomic mass is 9.80. The lowest BCUT2D eigenvalue weighted by molar-refractivity contribution is -0.385. The van der Waals surface area contributed by atoms with Gasteiger partial charge in [-0.05, 0) is 34.6 Å². The molecule has 6 heteroatoms. The molecule has 0 heterocycles. The number of para-hydroxylation sites is 1. The van der Waals surface area contributed by atoms with Crippen LogP contribution in [-0.2, 0) is 9.53 Å². The number of carbonyl (C=O) groups excluding carboxylic acids is 1. The molecule has 6 nitrogen and oxygen atoms in total. The van der Waals surface area contributed by atoms with Crippen molar-refractivity contribution in [3.05, 3.63) is 39.9 Å². The van der Waals surface area contributed by atoms with Crippen LogP contribution in [0.5, 0.6) is 0 Å². The van der Waals surface area contributed by atoms with Crippen molar-refractivity contribution >= 4 is 11.7 Å². The Kier molecular flexibility index (Phi) is 4.73. The van der Waals surface area contributed by atoms with Crippen LogP contribution in [0.1, 0.15) is 46.2 Å². The van der Waals surface area contributed by atoms with Gasteiger partial charge < -0.3 is 10.5 Å². The molecule has 21 heavy (non-hydrogen) atoms. The Labute approximate surface area is 124 Å². The van der Waals surface area contributed by atoms with Gasteiger partial charge in [0.1, 0.15) is 5.60 Å². The normalized spacial score (nSPS) is 13.6. The molecule has 0 aromatic heterocycles. The molecule has 0 saturated carbocycles. The molecule has 0 radical (unpaired) electrons. The zero-order chi connectivity index (χ0) is 16.4. The Hall–Kier alpha value is -1.95. The van der Waals surface area contributed by atoms with Crippen molar-refractivity contribution in [1.82, 2.24) is 0 Å². The van der Waals surface area contributed by atoms with Crippen molar-refractivity contribution in [1.29, 1.82) is 0 Å². The van der Waals surface area contributed by atoms with E-state index in [1.807, 2.05) is 0 Å². The third kappa shape index (κ3) is 4.01. The smallest absolute Gasteiger partial charge is 0.313 e. The third-order valence-corrected chi connectivity index (χ3v) is 3.17. The molecule has 0 spiro atoms. The standard InChI is InChI=1S/C15H22N2O4/c1-14(2,3)21-13(18)15(4,5)12(16)10-8-6-7-9-11(10)17(19)20/h6-9,12H,16H2,1-5H3. The second-order valence-corrected chi connectivity index (χ2v) is 6.52. The molecule has 0 saturated heterocycles. The molecule has 0 aliphatic carbocycles. The predicted octanol–water partition coefficient (Wildman–Crippen LogP) is 2.96. The van der Waals surface area contributed by atoms with E-state index in [0.29, 0.717) is 5.56 Å². The van der Waals surface area contributed by atoms with Crippen LogP contribution in [0.2, 0.25) is 0 Å². The summed E-state index contributed by atoms with van der Waals surface area (Å²) in [4.78, 5) is 22.9. The zero-order valence-electron chi connectivity index (χ0n) is 13.0. The summed E-state index contributed by atoms with van der Waals surface area (Å²) in [5.41, 5.74) is 4.62. The van der Waals surface area contributed by atoms with Crippen LogP contribution in [0.4, 0.5) is 5.69 Å². The Morgan fingerprint density at radius 1 is 1.24 bits per heavy atom. The van der Waals surface area contributed by atoms with Gasteiger partial charge in [0.25, 0.3) is 5.69 Å². The summed E-state index contributed by atoms with van der Waals surface area (Å²) >= 11 is 0. The third-order valence-electron chi connectivity index (χ3n) is 3.17. The first-order valence-corrected chi connectivity index (χ1v) is 6.69. The lowest BCUT2D eigenvalue weighted by Crippen LogP contribution is -2.41. The van der Waals surface area contributed by atoms with Crippen molar-refractivity contribution in [3.8, 4) is 0 Å². The average Bonchev–Trinajstić information content (AvgIpc) is 2.35. The van der Waals surface area contributed by atoms with Gasteiger partial charge in [0.2, 0.25) is 0 Å². The molecule has 116 valence electrons. The van der Waals surface area contributed by atoms with E-state index in [4.69, 9.17) is 10.5 Å². The van der Waals surface area contributed by atoms with Crippen molar-refractivity contribution in [2.45, 2.75) is 46.3 Å². The van der Waals surface area contributed by atoms with E-state index in [-0.39, 0.29) is 5.69 Å². The molecule has 2 N–H and O–H groups in total. The molecule has 0 bridgehead atoms. The van der Waals surface area contributed by atoms with Crippen LogP contribution in [0.3, 0.4) is 0 Å². The highest BCUT2D eigenvalue weighted by molar-refractivity contribution is 5.78. The van der Waals surface area contributed by atoms with E-state index in [0.717, 1.165) is 0 Å². The van der Waals surface area contributed by atoms with Gasteiger partial charge in [-0.3, -0.25) is 14.9 Å². The maximum Gasteiger partial charge on any atom is 0.313 e. The summed E-state index contributed by atoms with van der Waals surface area (Å²) in [6.45, 7) is 8.54. The molecule has 0 amide bonds. The number of hydrogen-bond donors (Lipinski definition) is 1. The van der Waals surface area contributed by atoms with E-state index >= 15 is 0 Å². The summed E-state index contributed by atoms with van der Waals surface area (Å²) in [5, 5.41) is 11.1. The summed E-state index contributed by atoms with van der Waals surface area (Å²) in [6.07, 6.45) is 0. The maximum absolute atomic E-state index is 12.3. The summed E-state index contributed by atoms with van der Waals surface area (Å²) in [5.74, 6) is -0.486. The Morgan fingerprint density at radius 3 is 2.24 bits per heavy atom. The highest BCUT2D eigenvalue weighted by Crippen LogP contribution is 2.37. The molecule has 1 aromatic carbocycles. The highest BCUT2D eigenvalue weighted by atomic mass is 16.6. The fourth-order valence-electron chi connectivity index (χ4n) is 1.84. The molecule has 1 aromatic rings. The number of benzene rings is 1. The largest absolute Gasteiger partial charge is 0.460 e. The van der Waals surface area contributed by atoms with Crippen LogP contribution in [0.15, 0.2) is 24.3 Å². The second kappa shape index (κ2) is 5.81. The summed E-state index contributed by atoms with van der Waals surface area (Å²) < 4.78 is 5.36. The summed E-state index contributed by atoms with van der Waals surface area (Å²) in [6, 6.07) is 5.33. The minimum atomic E-state index is -1.08. The summed E-state index contributed by atoms with van der Waals surface area (Å²) in [7, 11) is 0. The molecule has 1 unspecified atom stereocenters. The minimum Gasteiger partial charge on any atom is -0.460 e. The molecule has 0 aliphatic rings. The number of carbonyl (C=O) groups is 1. The zero-order valence-corrected chi connectivity index (χ0v) is 13.0. The number of nitrogens with zero attached hydrogens (tertiary/aromatic N) is 1. The molecular formula is C15H22N2O4. The molecule has 0 fully saturated rings. The van der Waals surface area contributed by atoms with Gasteiger partial charge in [-0.1, -0.05) is 18.2 Å². The number of rotatable bonds is 4.